The number of nitrogens with one attached hydrogen (secondary N) is 2. The van der Waals surface area contributed by atoms with Crippen molar-refractivity contribution in [3.63, 3.8) is 0 Å². The molecule has 1 heterocycles. The predicted octanol–water partition coefficient (Wildman–Crippen LogP) is -0.510. The summed E-state index contributed by atoms with van der Waals surface area (Å²) in [6.45, 7) is 8.93. The summed E-state index contributed by atoms with van der Waals surface area (Å²) < 4.78 is 0. The van der Waals surface area contributed by atoms with E-state index in [9.17, 15) is 0 Å². The molecule has 14 heavy (non-hydrogen) atoms. The maximum atomic E-state index is 5.36. The number of thiocarbonyl (C=S) groups is 1. The minimum Gasteiger partial charge on any atom is -0.360 e. The molecule has 0 unspecified atom stereocenters. The summed E-state index contributed by atoms with van der Waals surface area (Å²) >= 11 is 5.36. The normalized spacial score (nSPS) is 20.6. The van der Waals surface area contributed by atoms with E-state index in [1.54, 1.807) is 4.90 Å². The largest absolute Gasteiger partial charge is 0.360 e. The zero-order valence-electron chi connectivity index (χ0n) is 9.47. The van der Waals surface area contributed by atoms with Gasteiger partial charge in [0.1, 0.15) is 0 Å². The highest BCUT2D eigenvalue weighted by Crippen LogP contribution is 1.95. The Morgan fingerprint density at radius 2 is 2.07 bits per heavy atom. The molecular formula is C10H22N3S+. The fourth-order valence-electron chi connectivity index (χ4n) is 1.50. The van der Waals surface area contributed by atoms with Crippen molar-refractivity contribution in [1.82, 2.24) is 10.2 Å². The zero-order chi connectivity index (χ0) is 10.6. The van der Waals surface area contributed by atoms with Crippen LogP contribution in [0.15, 0.2) is 0 Å². The van der Waals surface area contributed by atoms with Crippen LogP contribution in [0.4, 0.5) is 0 Å². The first kappa shape index (κ1) is 11.7. The molecule has 0 bridgehead atoms. The molecule has 4 heteroatoms. The Balaban J connectivity index is 2.30. The van der Waals surface area contributed by atoms with E-state index in [-0.39, 0.29) is 0 Å². The Kier molecular flexibility index (Phi) is 4.62. The molecule has 0 aliphatic carbocycles. The summed E-state index contributed by atoms with van der Waals surface area (Å²) in [5.41, 5.74) is 0. The fraction of sp³-hybridized carbons (Fsp3) is 0.900. The van der Waals surface area contributed by atoms with E-state index in [1.807, 2.05) is 0 Å². The molecule has 3 nitrogen and oxygen atoms in total. The molecule has 82 valence electrons. The minimum absolute atomic E-state index is 0.495. The summed E-state index contributed by atoms with van der Waals surface area (Å²) in [6, 6.07) is 0.495. The molecule has 0 saturated carbocycles. The second-order valence-corrected chi connectivity index (χ2v) is 4.59. The van der Waals surface area contributed by atoms with Gasteiger partial charge in [-0.15, -0.1) is 0 Å². The van der Waals surface area contributed by atoms with Crippen LogP contribution in [-0.2, 0) is 0 Å². The number of nitrogens with zero attached hydrogens (tertiary/aromatic N) is 1. The fourth-order valence-corrected chi connectivity index (χ4v) is 1.88. The van der Waals surface area contributed by atoms with Crippen molar-refractivity contribution >= 4 is 17.3 Å². The van der Waals surface area contributed by atoms with Crippen molar-refractivity contribution in [2.45, 2.75) is 26.3 Å². The third kappa shape index (κ3) is 3.42. The van der Waals surface area contributed by atoms with Gasteiger partial charge in [-0.3, -0.25) is 0 Å². The maximum Gasteiger partial charge on any atom is 0.169 e. The van der Waals surface area contributed by atoms with Gasteiger partial charge >= 0.3 is 0 Å². The van der Waals surface area contributed by atoms with Gasteiger partial charge in [-0.25, -0.2) is 0 Å². The first-order valence-electron chi connectivity index (χ1n) is 5.50. The van der Waals surface area contributed by atoms with Crippen molar-refractivity contribution < 1.29 is 4.90 Å². The lowest BCUT2D eigenvalue weighted by Gasteiger charge is -2.33. The number of hydrogen-bond acceptors (Lipinski definition) is 1. The molecule has 0 aromatic carbocycles. The topological polar surface area (TPSA) is 19.7 Å². The van der Waals surface area contributed by atoms with Crippen molar-refractivity contribution in [3.05, 3.63) is 0 Å². The van der Waals surface area contributed by atoms with E-state index >= 15 is 0 Å². The smallest absolute Gasteiger partial charge is 0.169 e. The molecule has 0 radical (unpaired) electrons. The van der Waals surface area contributed by atoms with E-state index in [0.29, 0.717) is 6.04 Å². The van der Waals surface area contributed by atoms with Crippen molar-refractivity contribution in [2.75, 3.05) is 33.2 Å². The number of rotatable bonds is 2. The molecule has 1 atom stereocenters. The zero-order valence-corrected chi connectivity index (χ0v) is 10.3. The van der Waals surface area contributed by atoms with E-state index in [1.165, 1.54) is 13.1 Å². The van der Waals surface area contributed by atoms with Crippen molar-refractivity contribution in [2.24, 2.45) is 0 Å². The number of piperazine rings is 1. The van der Waals surface area contributed by atoms with Crippen LogP contribution < -0.4 is 10.2 Å². The lowest BCUT2D eigenvalue weighted by Crippen LogP contribution is -3.12. The minimum atomic E-state index is 0.495. The Labute approximate surface area is 92.4 Å². The molecule has 0 aromatic rings. The second kappa shape index (κ2) is 5.51. The average molecular weight is 216 g/mol. The van der Waals surface area contributed by atoms with E-state index in [0.717, 1.165) is 24.6 Å². The molecule has 1 saturated heterocycles. The van der Waals surface area contributed by atoms with Crippen molar-refractivity contribution in [3.8, 4) is 0 Å². The summed E-state index contributed by atoms with van der Waals surface area (Å²) in [6.07, 6.45) is 1.12. The molecule has 0 spiro atoms. The highest BCUT2D eigenvalue weighted by atomic mass is 32.1. The van der Waals surface area contributed by atoms with E-state index in [4.69, 9.17) is 12.2 Å². The van der Waals surface area contributed by atoms with Gasteiger partial charge in [0.05, 0.1) is 33.2 Å². The Morgan fingerprint density at radius 3 is 2.57 bits per heavy atom. The van der Waals surface area contributed by atoms with Crippen LogP contribution in [0.1, 0.15) is 20.3 Å². The van der Waals surface area contributed by atoms with Crippen molar-refractivity contribution in [1.29, 1.82) is 0 Å². The van der Waals surface area contributed by atoms with Crippen LogP contribution >= 0.6 is 12.2 Å². The molecule has 2 N–H and O–H groups in total. The average Bonchev–Trinajstić information content (AvgIpc) is 2.18. The van der Waals surface area contributed by atoms with Crippen LogP contribution in [0.2, 0.25) is 0 Å². The van der Waals surface area contributed by atoms with Gasteiger partial charge in [0.25, 0.3) is 0 Å². The van der Waals surface area contributed by atoms with Gasteiger partial charge < -0.3 is 15.1 Å². The Bertz CT molecular complexity index is 188. The molecule has 0 aromatic heterocycles. The van der Waals surface area contributed by atoms with E-state index < -0.39 is 0 Å². The summed E-state index contributed by atoms with van der Waals surface area (Å²) in [5.74, 6) is 0. The lowest BCUT2D eigenvalue weighted by molar-refractivity contribution is -0.883. The molecule has 1 fully saturated rings. The van der Waals surface area contributed by atoms with Crippen LogP contribution in [0.5, 0.6) is 0 Å². The number of quaternary nitrogens is 1. The summed E-state index contributed by atoms with van der Waals surface area (Å²) in [5, 5.41) is 4.30. The van der Waals surface area contributed by atoms with Gasteiger partial charge in [-0.2, -0.15) is 0 Å². The van der Waals surface area contributed by atoms with Crippen LogP contribution in [0.25, 0.3) is 0 Å². The maximum absolute atomic E-state index is 5.36. The van der Waals surface area contributed by atoms with E-state index in [2.05, 4.69) is 31.1 Å². The lowest BCUT2D eigenvalue weighted by atomic mass is 10.3. The molecule has 0 amide bonds. The number of likely N-dealkylation sites (N-methyl/N-ethyl adjacent to an activating group) is 1. The van der Waals surface area contributed by atoms with Gasteiger partial charge in [0.15, 0.2) is 5.11 Å². The molecule has 1 aliphatic heterocycles. The second-order valence-electron chi connectivity index (χ2n) is 4.20. The molecule has 1 rings (SSSR count). The molecular weight excluding hydrogens is 194 g/mol. The van der Waals surface area contributed by atoms with Gasteiger partial charge in [-0.05, 0) is 25.6 Å². The highest BCUT2D eigenvalue weighted by molar-refractivity contribution is 7.80. The van der Waals surface area contributed by atoms with Crippen LogP contribution in [-0.4, -0.2) is 49.3 Å². The monoisotopic (exact) mass is 216 g/mol. The predicted molar refractivity (Wildman–Crippen MR) is 63.7 cm³/mol. The standard InChI is InChI=1S/C10H21N3S/c1-4-9(2)11-10(14)13-7-5-12(3)6-8-13/h9H,4-8H2,1-3H3,(H,11,14)/p+1/t9-/m1/s1. The number of hydrogen-bond donors (Lipinski definition) is 2. The Morgan fingerprint density at radius 1 is 1.50 bits per heavy atom. The van der Waals surface area contributed by atoms with Gasteiger partial charge in [0.2, 0.25) is 0 Å². The first-order chi connectivity index (χ1) is 6.63. The quantitative estimate of drug-likeness (QED) is 0.607. The summed E-state index contributed by atoms with van der Waals surface area (Å²) in [7, 11) is 2.24. The van der Waals surface area contributed by atoms with Crippen LogP contribution in [0, 0.1) is 0 Å². The third-order valence-corrected chi connectivity index (χ3v) is 3.26. The highest BCUT2D eigenvalue weighted by Gasteiger charge is 2.19. The SMILES string of the molecule is CC[C@@H](C)NC(=S)N1CC[NH+](C)CC1. The first-order valence-corrected chi connectivity index (χ1v) is 5.91. The Hall–Kier alpha value is -0.350. The molecule has 1 aliphatic rings. The van der Waals surface area contributed by atoms with Crippen LogP contribution in [0.3, 0.4) is 0 Å². The third-order valence-electron chi connectivity index (χ3n) is 2.89. The van der Waals surface area contributed by atoms with Gasteiger partial charge in [-0.1, -0.05) is 6.92 Å². The van der Waals surface area contributed by atoms with Gasteiger partial charge in [0, 0.05) is 6.04 Å². The summed E-state index contributed by atoms with van der Waals surface area (Å²) in [4.78, 5) is 3.89.